The highest BCUT2D eigenvalue weighted by molar-refractivity contribution is 7.80. The summed E-state index contributed by atoms with van der Waals surface area (Å²) in [5.41, 5.74) is 0. The lowest BCUT2D eigenvalue weighted by Crippen LogP contribution is -2.20. The van der Waals surface area contributed by atoms with Crippen LogP contribution in [0.3, 0.4) is 0 Å². The summed E-state index contributed by atoms with van der Waals surface area (Å²) in [7, 11) is 0. The molecule has 1 nitrogen and oxygen atoms in total. The molecule has 37 valence electrons. The summed E-state index contributed by atoms with van der Waals surface area (Å²) >= 11 is 4.62. The second-order valence-electron chi connectivity index (χ2n) is 1.50. The number of rotatable bonds is 2. The van der Waals surface area contributed by atoms with E-state index in [0.717, 1.165) is 0 Å². The second kappa shape index (κ2) is 3.50. The monoisotopic (exact) mass is 104 g/mol. The summed E-state index contributed by atoms with van der Waals surface area (Å²) in [6.07, 6.45) is 0. The van der Waals surface area contributed by atoms with Gasteiger partial charge in [0.15, 0.2) is 0 Å². The molecule has 0 aliphatic rings. The van der Waals surface area contributed by atoms with E-state index in [0.29, 0.717) is 11.9 Å². The Morgan fingerprint density at radius 1 is 1.67 bits per heavy atom. The van der Waals surface area contributed by atoms with Crippen molar-refractivity contribution in [1.82, 2.24) is 5.32 Å². The summed E-state index contributed by atoms with van der Waals surface area (Å²) in [5, 5.41) is 3.02. The Morgan fingerprint density at radius 3 is 2.17 bits per heavy atom. The smallest absolute Gasteiger partial charge is 0.0525 e. The van der Waals surface area contributed by atoms with E-state index < -0.39 is 0 Å². The van der Waals surface area contributed by atoms with Crippen molar-refractivity contribution < 1.29 is 0 Å². The standard InChI is InChI=1S/C4H10NS/c1-4(2)5-3-6/h4-5H,3H2,1-2H3. The van der Waals surface area contributed by atoms with Crippen molar-refractivity contribution in [3.8, 4) is 0 Å². The Balaban J connectivity index is 2.63. The van der Waals surface area contributed by atoms with Gasteiger partial charge in [-0.1, -0.05) is 26.5 Å². The van der Waals surface area contributed by atoms with Crippen LogP contribution in [-0.2, 0) is 0 Å². The van der Waals surface area contributed by atoms with Crippen molar-refractivity contribution in [1.29, 1.82) is 0 Å². The predicted molar refractivity (Wildman–Crippen MR) is 30.7 cm³/mol. The minimum absolute atomic E-state index is 0.544. The van der Waals surface area contributed by atoms with Crippen LogP contribution in [-0.4, -0.2) is 11.9 Å². The molecule has 0 spiro atoms. The predicted octanol–water partition coefficient (Wildman–Crippen LogP) is 1.14. The van der Waals surface area contributed by atoms with Crippen LogP contribution in [0.25, 0.3) is 0 Å². The van der Waals surface area contributed by atoms with Gasteiger partial charge in [-0.05, 0) is 0 Å². The van der Waals surface area contributed by atoms with Crippen molar-refractivity contribution in [3.05, 3.63) is 0 Å². The minimum atomic E-state index is 0.544. The van der Waals surface area contributed by atoms with E-state index in [1.165, 1.54) is 0 Å². The van der Waals surface area contributed by atoms with Gasteiger partial charge in [0.2, 0.25) is 0 Å². The molecular formula is C4H10NS. The van der Waals surface area contributed by atoms with Crippen LogP contribution in [0.5, 0.6) is 0 Å². The summed E-state index contributed by atoms with van der Waals surface area (Å²) < 4.78 is 0. The summed E-state index contributed by atoms with van der Waals surface area (Å²) in [5.74, 6) is 0.664. The van der Waals surface area contributed by atoms with Gasteiger partial charge in [-0.15, -0.1) is 0 Å². The molecule has 0 heterocycles. The Labute approximate surface area is 44.5 Å². The highest BCUT2D eigenvalue weighted by atomic mass is 32.1. The third kappa shape index (κ3) is 4.31. The lowest BCUT2D eigenvalue weighted by Gasteiger charge is -1.99. The first-order chi connectivity index (χ1) is 2.77. The van der Waals surface area contributed by atoms with Gasteiger partial charge in [0.05, 0.1) is 5.88 Å². The molecular weight excluding hydrogens is 94.1 g/mol. The van der Waals surface area contributed by atoms with Crippen LogP contribution in [0.1, 0.15) is 13.8 Å². The van der Waals surface area contributed by atoms with Crippen LogP contribution >= 0.6 is 12.6 Å². The number of hydrogen-bond acceptors (Lipinski definition) is 1. The molecule has 1 N–H and O–H groups in total. The quantitative estimate of drug-likeness (QED) is 0.554. The fourth-order valence-electron chi connectivity index (χ4n) is 0.167. The Bertz CT molecular complexity index is 28.7. The van der Waals surface area contributed by atoms with Crippen molar-refractivity contribution in [3.63, 3.8) is 0 Å². The van der Waals surface area contributed by atoms with Gasteiger partial charge in [-0.25, -0.2) is 0 Å². The molecule has 0 aliphatic carbocycles. The molecule has 0 aromatic carbocycles. The molecule has 0 saturated carbocycles. The first-order valence-corrected chi connectivity index (χ1v) is 2.66. The van der Waals surface area contributed by atoms with E-state index in [-0.39, 0.29) is 0 Å². The minimum Gasteiger partial charge on any atom is -0.305 e. The van der Waals surface area contributed by atoms with E-state index in [9.17, 15) is 0 Å². The van der Waals surface area contributed by atoms with Crippen LogP contribution in [0.4, 0.5) is 0 Å². The van der Waals surface area contributed by atoms with E-state index in [2.05, 4.69) is 31.8 Å². The summed E-state index contributed by atoms with van der Waals surface area (Å²) in [4.78, 5) is 0. The van der Waals surface area contributed by atoms with Gasteiger partial charge < -0.3 is 5.32 Å². The summed E-state index contributed by atoms with van der Waals surface area (Å²) in [6, 6.07) is 0.544. The first kappa shape index (κ1) is 6.31. The Hall–Kier alpha value is 0.310. The van der Waals surface area contributed by atoms with Gasteiger partial charge in [0.25, 0.3) is 0 Å². The van der Waals surface area contributed by atoms with E-state index in [1.54, 1.807) is 0 Å². The number of nitrogens with one attached hydrogen (secondary N) is 1. The molecule has 0 bridgehead atoms. The van der Waals surface area contributed by atoms with Crippen LogP contribution in [0.2, 0.25) is 0 Å². The lowest BCUT2D eigenvalue weighted by molar-refractivity contribution is 0.656. The third-order valence-electron chi connectivity index (χ3n) is 0.492. The molecule has 0 rings (SSSR count). The van der Waals surface area contributed by atoms with Crippen LogP contribution < -0.4 is 5.32 Å². The highest BCUT2D eigenvalue weighted by Gasteiger charge is 1.83. The zero-order valence-corrected chi connectivity index (χ0v) is 5.01. The fourth-order valence-corrected chi connectivity index (χ4v) is 0.500. The maximum atomic E-state index is 4.62. The van der Waals surface area contributed by atoms with Crippen molar-refractivity contribution in [2.45, 2.75) is 19.9 Å². The van der Waals surface area contributed by atoms with Crippen molar-refractivity contribution in [2.24, 2.45) is 0 Å². The Morgan fingerprint density at radius 2 is 2.17 bits per heavy atom. The molecule has 0 aromatic rings. The third-order valence-corrected chi connectivity index (χ3v) is 0.658. The van der Waals surface area contributed by atoms with Gasteiger partial charge in [-0.2, -0.15) is 0 Å². The lowest BCUT2D eigenvalue weighted by atomic mass is 10.4. The fraction of sp³-hybridized carbons (Fsp3) is 1.00. The van der Waals surface area contributed by atoms with Gasteiger partial charge in [-0.3, -0.25) is 0 Å². The zero-order valence-electron chi connectivity index (χ0n) is 4.19. The average Bonchev–Trinajstić information content (AvgIpc) is 1.35. The highest BCUT2D eigenvalue weighted by Crippen LogP contribution is 1.74. The first-order valence-electron chi connectivity index (χ1n) is 2.09. The maximum Gasteiger partial charge on any atom is 0.0525 e. The van der Waals surface area contributed by atoms with E-state index in [4.69, 9.17) is 0 Å². The van der Waals surface area contributed by atoms with Crippen LogP contribution in [0.15, 0.2) is 0 Å². The molecule has 0 atom stereocenters. The molecule has 0 aromatic heterocycles. The molecule has 0 fully saturated rings. The van der Waals surface area contributed by atoms with Gasteiger partial charge in [0.1, 0.15) is 0 Å². The topological polar surface area (TPSA) is 12.0 Å². The molecule has 0 saturated heterocycles. The molecule has 2 heteroatoms. The van der Waals surface area contributed by atoms with Crippen molar-refractivity contribution in [2.75, 3.05) is 5.88 Å². The van der Waals surface area contributed by atoms with E-state index >= 15 is 0 Å². The SMILES string of the molecule is CC(C)NC[S]. The van der Waals surface area contributed by atoms with Gasteiger partial charge in [0, 0.05) is 6.04 Å². The normalized spacial score (nSPS) is 10.0. The average molecular weight is 104 g/mol. The molecule has 0 amide bonds. The second-order valence-corrected chi connectivity index (χ2v) is 1.79. The number of hydrogen-bond donors (Lipinski definition) is 1. The molecule has 6 heavy (non-hydrogen) atoms. The molecule has 0 aliphatic heterocycles. The maximum absolute atomic E-state index is 4.62. The van der Waals surface area contributed by atoms with Gasteiger partial charge >= 0.3 is 0 Å². The Kier molecular flexibility index (Phi) is 3.68. The summed E-state index contributed by atoms with van der Waals surface area (Å²) in [6.45, 7) is 4.15. The molecule has 0 unspecified atom stereocenters. The largest absolute Gasteiger partial charge is 0.305 e. The zero-order chi connectivity index (χ0) is 4.99. The molecule has 1 radical (unpaired) electrons. The van der Waals surface area contributed by atoms with Crippen molar-refractivity contribution >= 4 is 12.6 Å². The van der Waals surface area contributed by atoms with E-state index in [1.807, 2.05) is 0 Å². The van der Waals surface area contributed by atoms with Crippen LogP contribution in [0, 0.1) is 0 Å².